The van der Waals surface area contributed by atoms with Crippen molar-refractivity contribution < 1.29 is 23.9 Å². The maximum Gasteiger partial charge on any atom is 0.306 e. The summed E-state index contributed by atoms with van der Waals surface area (Å²) in [4.78, 5) is 50.4. The Morgan fingerprint density at radius 3 is 1.94 bits per heavy atom. The second-order valence-corrected chi connectivity index (χ2v) is 8.74. The van der Waals surface area contributed by atoms with Crippen LogP contribution >= 0.6 is 0 Å². The van der Waals surface area contributed by atoms with Gasteiger partial charge >= 0.3 is 5.97 Å². The Hall–Kier alpha value is -3.48. The molecule has 1 aliphatic rings. The second kappa shape index (κ2) is 10.4. The van der Waals surface area contributed by atoms with E-state index >= 15 is 0 Å². The van der Waals surface area contributed by atoms with Crippen LogP contribution in [-0.2, 0) is 14.3 Å². The molecule has 0 fully saturated rings. The Bertz CT molecular complexity index is 1010. The summed E-state index contributed by atoms with van der Waals surface area (Å²) in [7, 11) is 0. The summed E-state index contributed by atoms with van der Waals surface area (Å²) in [6.07, 6.45) is 0.264. The van der Waals surface area contributed by atoms with Gasteiger partial charge in [-0.25, -0.2) is 0 Å². The molecule has 3 rings (SSSR count). The molecule has 2 aromatic carbocycles. The van der Waals surface area contributed by atoms with E-state index in [2.05, 4.69) is 33.0 Å². The number of amides is 3. The van der Waals surface area contributed by atoms with Gasteiger partial charge < -0.3 is 10.1 Å². The van der Waals surface area contributed by atoms with Crippen LogP contribution in [0.5, 0.6) is 0 Å². The van der Waals surface area contributed by atoms with Crippen molar-refractivity contribution >= 4 is 29.4 Å². The topological polar surface area (TPSA) is 92.8 Å². The first-order valence-electron chi connectivity index (χ1n) is 11.2. The van der Waals surface area contributed by atoms with Crippen LogP contribution in [0.1, 0.15) is 84.2 Å². The van der Waals surface area contributed by atoms with Crippen molar-refractivity contribution in [1.82, 2.24) is 4.90 Å². The molecule has 1 aliphatic heterocycles. The van der Waals surface area contributed by atoms with E-state index in [1.54, 1.807) is 24.3 Å². The van der Waals surface area contributed by atoms with Gasteiger partial charge in [0.1, 0.15) is 0 Å². The smallest absolute Gasteiger partial charge is 0.306 e. The fraction of sp³-hybridized carbons (Fsp3) is 0.385. The molecule has 0 saturated carbocycles. The highest BCUT2D eigenvalue weighted by atomic mass is 16.5. The lowest BCUT2D eigenvalue weighted by atomic mass is 9.92. The van der Waals surface area contributed by atoms with Gasteiger partial charge in [0.05, 0.1) is 11.1 Å². The summed E-state index contributed by atoms with van der Waals surface area (Å²) >= 11 is 0. The predicted molar refractivity (Wildman–Crippen MR) is 125 cm³/mol. The maximum atomic E-state index is 12.5. The number of benzene rings is 2. The second-order valence-electron chi connectivity index (χ2n) is 8.74. The monoisotopic (exact) mass is 450 g/mol. The number of ether oxygens (including phenoxy) is 1. The van der Waals surface area contributed by atoms with Crippen molar-refractivity contribution in [2.75, 3.05) is 18.5 Å². The third-order valence-electron chi connectivity index (χ3n) is 5.64. The summed E-state index contributed by atoms with van der Waals surface area (Å²) < 4.78 is 5.12. The minimum absolute atomic E-state index is 0.000506. The van der Waals surface area contributed by atoms with E-state index in [1.807, 2.05) is 18.2 Å². The highest BCUT2D eigenvalue weighted by Gasteiger charge is 2.34. The van der Waals surface area contributed by atoms with E-state index in [-0.39, 0.29) is 43.0 Å². The fourth-order valence-electron chi connectivity index (χ4n) is 3.91. The molecule has 0 unspecified atom stereocenters. The normalized spacial score (nSPS) is 13.0. The first-order valence-corrected chi connectivity index (χ1v) is 11.2. The van der Waals surface area contributed by atoms with Crippen LogP contribution in [0.15, 0.2) is 42.5 Å². The number of hydrogen-bond donors (Lipinski definition) is 1. The molecule has 3 amide bonds. The number of carbonyl (C=O) groups excluding carboxylic acids is 4. The quantitative estimate of drug-likeness (QED) is 0.449. The van der Waals surface area contributed by atoms with Crippen LogP contribution in [-0.4, -0.2) is 41.7 Å². The van der Waals surface area contributed by atoms with Crippen LogP contribution in [0.2, 0.25) is 0 Å². The van der Waals surface area contributed by atoms with Gasteiger partial charge in [0, 0.05) is 18.7 Å². The summed E-state index contributed by atoms with van der Waals surface area (Å²) in [5, 5.41) is 2.91. The minimum Gasteiger partial charge on any atom is -0.456 e. The number of anilines is 1. The third kappa shape index (κ3) is 5.48. The molecular weight excluding hydrogens is 420 g/mol. The number of para-hydroxylation sites is 1. The molecule has 2 aromatic rings. The molecule has 0 radical (unpaired) electrons. The van der Waals surface area contributed by atoms with Gasteiger partial charge in [0.2, 0.25) is 0 Å². The van der Waals surface area contributed by atoms with Gasteiger partial charge in [-0.15, -0.1) is 0 Å². The Balaban J connectivity index is 1.49. The number of nitrogens with zero attached hydrogens (tertiary/aromatic N) is 1. The third-order valence-corrected chi connectivity index (χ3v) is 5.64. The van der Waals surface area contributed by atoms with Crippen molar-refractivity contribution in [2.45, 2.75) is 52.4 Å². The van der Waals surface area contributed by atoms with E-state index in [9.17, 15) is 19.2 Å². The van der Waals surface area contributed by atoms with Crippen LogP contribution in [0.25, 0.3) is 0 Å². The van der Waals surface area contributed by atoms with E-state index in [1.165, 1.54) is 0 Å². The molecule has 0 spiro atoms. The number of nitrogens with one attached hydrogen (secondary N) is 1. The minimum atomic E-state index is -0.553. The lowest BCUT2D eigenvalue weighted by Crippen LogP contribution is -2.31. The average Bonchev–Trinajstić information content (AvgIpc) is 3.02. The largest absolute Gasteiger partial charge is 0.456 e. The van der Waals surface area contributed by atoms with Crippen molar-refractivity contribution in [3.05, 3.63) is 64.7 Å². The molecule has 0 aromatic heterocycles. The van der Waals surface area contributed by atoms with Crippen LogP contribution in [0, 0.1) is 0 Å². The van der Waals surface area contributed by atoms with Crippen LogP contribution in [0.3, 0.4) is 0 Å². The van der Waals surface area contributed by atoms with Gasteiger partial charge in [-0.1, -0.05) is 58.0 Å². The lowest BCUT2D eigenvalue weighted by Gasteiger charge is -2.20. The summed E-state index contributed by atoms with van der Waals surface area (Å²) in [6, 6.07) is 12.6. The van der Waals surface area contributed by atoms with Gasteiger partial charge in [0.15, 0.2) is 6.61 Å². The first kappa shape index (κ1) is 24.2. The summed E-state index contributed by atoms with van der Waals surface area (Å²) in [5.41, 5.74) is 3.59. The van der Waals surface area contributed by atoms with Crippen molar-refractivity contribution in [3.63, 3.8) is 0 Å². The van der Waals surface area contributed by atoms with Gasteiger partial charge in [-0.3, -0.25) is 24.1 Å². The Labute approximate surface area is 194 Å². The molecule has 1 heterocycles. The molecule has 0 aliphatic carbocycles. The number of esters is 1. The van der Waals surface area contributed by atoms with Crippen LogP contribution < -0.4 is 5.32 Å². The van der Waals surface area contributed by atoms with E-state index in [0.717, 1.165) is 21.7 Å². The van der Waals surface area contributed by atoms with E-state index < -0.39 is 18.5 Å². The molecule has 0 saturated heterocycles. The fourth-order valence-corrected chi connectivity index (χ4v) is 3.91. The highest BCUT2D eigenvalue weighted by Crippen LogP contribution is 2.32. The molecule has 0 atom stereocenters. The standard InChI is InChI=1S/C26H30N2O5/c1-16(2)18-11-7-12-19(17(3)4)24(18)27-22(29)15-33-23(30)13-8-14-28-25(31)20-9-5-6-10-21(20)26(28)32/h5-7,9-12,16-17H,8,13-15H2,1-4H3,(H,27,29). The van der Waals surface area contributed by atoms with Crippen LogP contribution in [0.4, 0.5) is 5.69 Å². The maximum absolute atomic E-state index is 12.5. The Morgan fingerprint density at radius 2 is 1.42 bits per heavy atom. The Morgan fingerprint density at radius 1 is 0.879 bits per heavy atom. The molecule has 174 valence electrons. The van der Waals surface area contributed by atoms with E-state index in [4.69, 9.17) is 4.74 Å². The Kier molecular flexibility index (Phi) is 7.63. The number of carbonyl (C=O) groups is 4. The predicted octanol–water partition coefficient (Wildman–Crippen LogP) is 4.49. The zero-order valence-corrected chi connectivity index (χ0v) is 19.5. The SMILES string of the molecule is CC(C)c1cccc(C(C)C)c1NC(=O)COC(=O)CCCN1C(=O)c2ccccc2C1=O. The molecule has 7 nitrogen and oxygen atoms in total. The zero-order chi connectivity index (χ0) is 24.1. The van der Waals surface area contributed by atoms with Gasteiger partial charge in [-0.2, -0.15) is 0 Å². The van der Waals surface area contributed by atoms with Crippen molar-refractivity contribution in [2.24, 2.45) is 0 Å². The molecule has 0 bridgehead atoms. The van der Waals surface area contributed by atoms with Crippen molar-refractivity contribution in [1.29, 1.82) is 0 Å². The molecule has 7 heteroatoms. The molecule has 1 N–H and O–H groups in total. The van der Waals surface area contributed by atoms with Gasteiger partial charge in [0.25, 0.3) is 17.7 Å². The number of rotatable bonds is 9. The number of imide groups is 1. The van der Waals surface area contributed by atoms with Gasteiger partial charge in [-0.05, 0) is 41.5 Å². The average molecular weight is 451 g/mol. The molecular formula is C26H30N2O5. The van der Waals surface area contributed by atoms with Crippen molar-refractivity contribution in [3.8, 4) is 0 Å². The molecule has 33 heavy (non-hydrogen) atoms. The zero-order valence-electron chi connectivity index (χ0n) is 19.5. The number of fused-ring (bicyclic) bond motifs is 1. The number of hydrogen-bond acceptors (Lipinski definition) is 5. The summed E-state index contributed by atoms with van der Waals surface area (Å²) in [6.45, 7) is 7.96. The lowest BCUT2D eigenvalue weighted by molar-refractivity contribution is -0.147. The first-order chi connectivity index (χ1) is 15.7. The van der Waals surface area contributed by atoms with E-state index in [0.29, 0.717) is 11.1 Å². The summed E-state index contributed by atoms with van der Waals surface area (Å²) in [5.74, 6) is -1.21. The highest BCUT2D eigenvalue weighted by molar-refractivity contribution is 6.21.